The Morgan fingerprint density at radius 1 is 0.829 bits per heavy atom. The van der Waals surface area contributed by atoms with Crippen molar-refractivity contribution in [1.82, 2.24) is 50.4 Å². The van der Waals surface area contributed by atoms with Crippen molar-refractivity contribution in [2.75, 3.05) is 86.0 Å². The van der Waals surface area contributed by atoms with Crippen molar-refractivity contribution in [2.24, 2.45) is 10.9 Å². The summed E-state index contributed by atoms with van der Waals surface area (Å²) in [6, 6.07) is 11.7. The molecule has 1 aliphatic carbocycles. The van der Waals surface area contributed by atoms with Crippen LogP contribution in [0.5, 0.6) is 0 Å². The van der Waals surface area contributed by atoms with E-state index >= 15 is 0 Å². The number of hydrogen-bond donors (Lipinski definition) is 4. The Bertz CT molecular complexity index is 2910. The zero-order valence-electron chi connectivity index (χ0n) is 43.9. The van der Waals surface area contributed by atoms with Crippen LogP contribution < -0.4 is 21.3 Å². The number of carbonyl (C=O) groups excluding carboxylic acids is 5. The van der Waals surface area contributed by atoms with Crippen LogP contribution in [0.25, 0.3) is 15.9 Å². The average molecular weight is 1090 g/mol. The van der Waals surface area contributed by atoms with Gasteiger partial charge in [0.15, 0.2) is 5.82 Å². The first-order valence-corrected chi connectivity index (χ1v) is 27.4. The van der Waals surface area contributed by atoms with Gasteiger partial charge in [0.05, 0.1) is 57.8 Å². The number of likely N-dealkylation sites (N-methyl/N-ethyl adjacent to an activating group) is 1. The third-order valence-corrected chi connectivity index (χ3v) is 15.8. The van der Waals surface area contributed by atoms with Crippen molar-refractivity contribution in [1.29, 1.82) is 0 Å². The lowest BCUT2D eigenvalue weighted by Crippen LogP contribution is -2.59. The molecule has 0 bridgehead atoms. The number of piperazine rings is 1. The molecular formula is C54H69ClFN11O8S. The Hall–Kier alpha value is -6.10. The summed E-state index contributed by atoms with van der Waals surface area (Å²) in [6.07, 6.45) is 4.93. The van der Waals surface area contributed by atoms with E-state index in [-0.39, 0.29) is 107 Å². The molecule has 0 unspecified atom stereocenters. The number of thiophene rings is 1. The van der Waals surface area contributed by atoms with E-state index in [0.29, 0.717) is 53.9 Å². The topological polar surface area (TPSA) is 216 Å². The zero-order chi connectivity index (χ0) is 53.9. The summed E-state index contributed by atoms with van der Waals surface area (Å²) in [4.78, 5) is 77.2. The number of ether oxygens (including phenoxy) is 3. The fourth-order valence-corrected chi connectivity index (χ4v) is 11.4. The summed E-state index contributed by atoms with van der Waals surface area (Å²) in [5.74, 6) is -0.349. The second-order valence-electron chi connectivity index (χ2n) is 19.5. The molecule has 3 aromatic heterocycles. The number of halogens is 2. The lowest BCUT2D eigenvalue weighted by molar-refractivity contribution is -0.140. The quantitative estimate of drug-likeness (QED) is 0.0622. The standard InChI is InChI=1S/C54H69ClFN11O8S/c1-33-35(3)76-54-47(33)48(38-12-9-13-40(55)28-38)60-42(50-63-62-36(4)67(50)54)31-45(68)58-16-22-73-24-26-75-27-25-74-23-17-59-46(69)32-66-43-15-14-41(56)29-39(43)30-44(66)52(71)64-18-20-65(21-19-64)53(72)49(37-10-7-6-8-11-37)61-51(70)34(2)57-5/h9,12-15,28-30,34,37,42,49,57H,6-8,10-11,16-27,31-32H2,1-5H3,(H,58,68)(H,59,69)(H,61,70)/t34-,42-,49-/m0/s1. The summed E-state index contributed by atoms with van der Waals surface area (Å²) in [5, 5.41) is 22.6. The molecule has 4 N–H and O–H groups in total. The van der Waals surface area contributed by atoms with Crippen LogP contribution >= 0.6 is 22.9 Å². The number of nitrogens with one attached hydrogen (secondary N) is 4. The van der Waals surface area contributed by atoms with Crippen molar-refractivity contribution in [3.8, 4) is 5.00 Å². The molecule has 8 rings (SSSR count). The highest BCUT2D eigenvalue weighted by atomic mass is 35.5. The Balaban J connectivity index is 0.729. The molecule has 408 valence electrons. The first kappa shape index (κ1) is 56.1. The second-order valence-corrected chi connectivity index (χ2v) is 21.1. The van der Waals surface area contributed by atoms with E-state index in [0.717, 1.165) is 64.4 Å². The molecule has 3 aliphatic rings. The van der Waals surface area contributed by atoms with Crippen LogP contribution in [0, 0.1) is 32.5 Å². The van der Waals surface area contributed by atoms with Gasteiger partial charge < -0.3 is 49.8 Å². The van der Waals surface area contributed by atoms with Crippen LogP contribution in [0.4, 0.5) is 4.39 Å². The first-order chi connectivity index (χ1) is 36.7. The molecule has 5 heterocycles. The number of nitrogens with zero attached hydrogens (tertiary/aromatic N) is 7. The normalized spacial score (nSPS) is 16.6. The fourth-order valence-electron chi connectivity index (χ4n) is 10.0. The van der Waals surface area contributed by atoms with E-state index < -0.39 is 23.9 Å². The Morgan fingerprint density at radius 3 is 2.18 bits per heavy atom. The minimum absolute atomic E-state index is 0.0504. The number of fused-ring (bicyclic) bond motifs is 4. The molecule has 22 heteroatoms. The van der Waals surface area contributed by atoms with Gasteiger partial charge in [-0.05, 0) is 95.5 Å². The van der Waals surface area contributed by atoms with Gasteiger partial charge in [0.1, 0.15) is 41.0 Å². The molecule has 76 heavy (non-hydrogen) atoms. The summed E-state index contributed by atoms with van der Waals surface area (Å²) in [6.45, 7) is 10.9. The molecule has 2 aliphatic heterocycles. The maximum atomic E-state index is 14.4. The number of aromatic nitrogens is 4. The SMILES string of the molecule is CN[C@@H](C)C(=O)N[C@H](C(=O)N1CCN(C(=O)c2cc3cc(F)ccc3n2CC(=O)NCCOCCOCCOCCNC(=O)C[C@@H]2N=C(c3cccc(Cl)c3)c3c(sc(C)c3C)-n3c(C)nnc32)CC1)C1CCCCC1. The number of aliphatic imine (C=N–C) groups is 1. The Kier molecular flexibility index (Phi) is 19.4. The smallest absolute Gasteiger partial charge is 0.270 e. The average Bonchev–Trinajstić information content (AvgIpc) is 4.04. The molecule has 5 aromatic rings. The van der Waals surface area contributed by atoms with Gasteiger partial charge in [-0.25, -0.2) is 4.39 Å². The number of rotatable bonds is 23. The number of hydrogen-bond acceptors (Lipinski definition) is 13. The maximum absolute atomic E-state index is 14.4. The van der Waals surface area contributed by atoms with Crippen LogP contribution in [0.1, 0.15) is 95.2 Å². The molecule has 1 saturated carbocycles. The van der Waals surface area contributed by atoms with Gasteiger partial charge in [-0.15, -0.1) is 21.5 Å². The molecular weight excluding hydrogens is 1020 g/mol. The van der Waals surface area contributed by atoms with E-state index in [2.05, 4.69) is 45.3 Å². The summed E-state index contributed by atoms with van der Waals surface area (Å²) in [7, 11) is 1.70. The van der Waals surface area contributed by atoms with E-state index in [1.165, 1.54) is 12.1 Å². The minimum Gasteiger partial charge on any atom is -0.377 e. The maximum Gasteiger partial charge on any atom is 0.270 e. The zero-order valence-corrected chi connectivity index (χ0v) is 45.5. The number of benzene rings is 2. The van der Waals surface area contributed by atoms with Gasteiger partial charge >= 0.3 is 0 Å². The van der Waals surface area contributed by atoms with Crippen LogP contribution in [0.2, 0.25) is 5.02 Å². The van der Waals surface area contributed by atoms with Crippen LogP contribution in [-0.2, 0) is 39.9 Å². The summed E-state index contributed by atoms with van der Waals surface area (Å²) in [5.41, 5.74) is 4.47. The van der Waals surface area contributed by atoms with Gasteiger partial charge in [-0.2, -0.15) is 0 Å². The number of carbonyl (C=O) groups is 5. The highest BCUT2D eigenvalue weighted by Gasteiger charge is 2.37. The van der Waals surface area contributed by atoms with Gasteiger partial charge in [0, 0.05) is 71.2 Å². The van der Waals surface area contributed by atoms with Crippen molar-refractivity contribution in [2.45, 2.75) is 90.9 Å². The molecule has 2 fully saturated rings. The third-order valence-electron chi connectivity index (χ3n) is 14.4. The van der Waals surface area contributed by atoms with E-state index in [1.807, 2.05) is 35.8 Å². The highest BCUT2D eigenvalue weighted by Crippen LogP contribution is 2.40. The molecule has 0 spiro atoms. The van der Waals surface area contributed by atoms with Crippen LogP contribution in [0.3, 0.4) is 0 Å². The minimum atomic E-state index is -0.633. The van der Waals surface area contributed by atoms with Crippen molar-refractivity contribution in [3.63, 3.8) is 0 Å². The van der Waals surface area contributed by atoms with E-state index in [4.69, 9.17) is 30.8 Å². The predicted octanol–water partition coefficient (Wildman–Crippen LogP) is 5.22. The van der Waals surface area contributed by atoms with Crippen molar-refractivity contribution in [3.05, 3.63) is 98.3 Å². The molecule has 0 radical (unpaired) electrons. The van der Waals surface area contributed by atoms with Crippen molar-refractivity contribution < 1.29 is 42.6 Å². The lowest BCUT2D eigenvalue weighted by Gasteiger charge is -2.39. The highest BCUT2D eigenvalue weighted by molar-refractivity contribution is 7.15. The molecule has 3 atom stereocenters. The summed E-state index contributed by atoms with van der Waals surface area (Å²) >= 11 is 8.07. The van der Waals surface area contributed by atoms with Gasteiger partial charge in [0.25, 0.3) is 5.91 Å². The Morgan fingerprint density at radius 2 is 1.50 bits per heavy atom. The van der Waals surface area contributed by atoms with Crippen molar-refractivity contribution >= 4 is 69.1 Å². The second kappa shape index (κ2) is 26.3. The monoisotopic (exact) mass is 1090 g/mol. The van der Waals surface area contributed by atoms with Gasteiger partial charge in [-0.3, -0.25) is 33.5 Å². The molecule has 19 nitrogen and oxygen atoms in total. The summed E-state index contributed by atoms with van der Waals surface area (Å²) < 4.78 is 35.0. The van der Waals surface area contributed by atoms with E-state index in [1.54, 1.807) is 51.8 Å². The fraction of sp³-hybridized carbons (Fsp3) is 0.519. The van der Waals surface area contributed by atoms with Gasteiger partial charge in [-0.1, -0.05) is 43.0 Å². The van der Waals surface area contributed by atoms with Crippen LogP contribution in [-0.4, -0.2) is 162 Å². The third kappa shape index (κ3) is 13.5. The lowest BCUT2D eigenvalue weighted by atomic mass is 9.83. The molecule has 5 amide bonds. The number of aryl methyl sites for hydroxylation is 2. The first-order valence-electron chi connectivity index (χ1n) is 26.2. The Labute approximate surface area is 451 Å². The molecule has 2 aromatic carbocycles. The molecule has 1 saturated heterocycles. The van der Waals surface area contributed by atoms with Crippen LogP contribution in [0.15, 0.2) is 53.5 Å². The predicted molar refractivity (Wildman–Crippen MR) is 288 cm³/mol. The largest absolute Gasteiger partial charge is 0.377 e. The van der Waals surface area contributed by atoms with Gasteiger partial charge in [0.2, 0.25) is 23.6 Å². The van der Waals surface area contributed by atoms with E-state index in [9.17, 15) is 28.4 Å². The number of amides is 5.